The van der Waals surface area contributed by atoms with E-state index in [0.717, 1.165) is 26.4 Å². The Hall–Kier alpha value is -0.570. The highest BCUT2D eigenvalue weighted by molar-refractivity contribution is 5.78. The van der Waals surface area contributed by atoms with Gasteiger partial charge in [-0.05, 0) is 19.8 Å². The van der Waals surface area contributed by atoms with Crippen LogP contribution in [-0.2, 0) is 4.74 Å². The first-order valence-corrected chi connectivity index (χ1v) is 12.3. The fourth-order valence-electron chi connectivity index (χ4n) is 4.05. The molecule has 0 spiro atoms. The van der Waals surface area contributed by atoms with Crippen LogP contribution < -0.4 is 0 Å². The summed E-state index contributed by atoms with van der Waals surface area (Å²) in [6.45, 7) is 12.0. The molecule has 0 aromatic heterocycles. The summed E-state index contributed by atoms with van der Waals surface area (Å²) in [5, 5.41) is 0. The third-order valence-electron chi connectivity index (χ3n) is 5.89. The molecule has 1 aliphatic rings. The van der Waals surface area contributed by atoms with E-state index in [2.05, 4.69) is 30.2 Å². The minimum Gasteiger partial charge on any atom is -0.342 e. The molecule has 0 unspecified atom stereocenters. The van der Waals surface area contributed by atoms with E-state index in [9.17, 15) is 0 Å². The van der Waals surface area contributed by atoms with Crippen molar-refractivity contribution in [1.82, 2.24) is 4.90 Å². The monoisotopic (exact) mass is 381 g/mol. The van der Waals surface area contributed by atoms with E-state index in [-0.39, 0.29) is 0 Å². The third-order valence-corrected chi connectivity index (χ3v) is 5.89. The molecule has 0 N–H and O–H groups in total. The summed E-state index contributed by atoms with van der Waals surface area (Å²) in [6, 6.07) is 0. The van der Waals surface area contributed by atoms with Gasteiger partial charge in [0.05, 0.1) is 13.2 Å². The largest absolute Gasteiger partial charge is 0.342 e. The maximum Gasteiger partial charge on any atom is 0.248 e. The van der Waals surface area contributed by atoms with Gasteiger partial charge in [0.15, 0.2) is 6.73 Å². The molecule has 1 aliphatic heterocycles. The van der Waals surface area contributed by atoms with Crippen LogP contribution in [-0.4, -0.2) is 48.3 Å². The van der Waals surface area contributed by atoms with Crippen molar-refractivity contribution in [1.29, 1.82) is 0 Å². The van der Waals surface area contributed by atoms with Crippen LogP contribution in [0.15, 0.2) is 0 Å². The number of amidine groups is 1. The minimum atomic E-state index is 0.799. The number of hydrogen-bond acceptors (Lipinski definition) is 2. The van der Waals surface area contributed by atoms with E-state index >= 15 is 0 Å². The van der Waals surface area contributed by atoms with Gasteiger partial charge in [0.2, 0.25) is 5.84 Å². The average Bonchev–Trinajstić information content (AvgIpc) is 3.08. The van der Waals surface area contributed by atoms with Gasteiger partial charge in [-0.25, -0.2) is 4.58 Å². The Kier molecular flexibility index (Phi) is 15.9. The van der Waals surface area contributed by atoms with Crippen LogP contribution in [0.1, 0.15) is 117 Å². The molecule has 0 saturated heterocycles. The molecule has 0 aromatic carbocycles. The standard InChI is InChI=1S/C24H49N2O/c1-4-7-9-10-11-12-13-14-15-16-17-18-22-27-23-26-21-20-25(6-3)24(26)19-8-5-2/h4-23H2,1-3H3/q+1. The topological polar surface area (TPSA) is 15.5 Å². The van der Waals surface area contributed by atoms with Crippen molar-refractivity contribution in [2.45, 2.75) is 117 Å². The quantitative estimate of drug-likeness (QED) is 0.185. The van der Waals surface area contributed by atoms with Gasteiger partial charge in [-0.3, -0.25) is 4.90 Å². The van der Waals surface area contributed by atoms with E-state index < -0.39 is 0 Å². The van der Waals surface area contributed by atoms with Gasteiger partial charge in [0.1, 0.15) is 13.1 Å². The Morgan fingerprint density at radius 3 is 1.85 bits per heavy atom. The molecule has 0 saturated carbocycles. The molecule has 0 radical (unpaired) electrons. The zero-order chi connectivity index (χ0) is 19.6. The highest BCUT2D eigenvalue weighted by Crippen LogP contribution is 2.12. The number of hydrogen-bond donors (Lipinski definition) is 0. The number of rotatable bonds is 19. The first kappa shape index (κ1) is 24.5. The summed E-state index contributed by atoms with van der Waals surface area (Å²) in [5.41, 5.74) is 0. The summed E-state index contributed by atoms with van der Waals surface area (Å²) in [7, 11) is 0. The van der Waals surface area contributed by atoms with Crippen molar-refractivity contribution >= 4 is 5.84 Å². The van der Waals surface area contributed by atoms with Gasteiger partial charge in [-0.15, -0.1) is 0 Å². The van der Waals surface area contributed by atoms with Crippen molar-refractivity contribution in [3.8, 4) is 0 Å². The maximum atomic E-state index is 5.99. The van der Waals surface area contributed by atoms with Gasteiger partial charge in [0, 0.05) is 6.42 Å². The molecule has 3 heteroatoms. The maximum absolute atomic E-state index is 5.99. The first-order valence-electron chi connectivity index (χ1n) is 12.3. The number of nitrogens with zero attached hydrogens (tertiary/aromatic N) is 2. The molecule has 0 amide bonds. The van der Waals surface area contributed by atoms with Gasteiger partial charge in [-0.2, -0.15) is 0 Å². The van der Waals surface area contributed by atoms with Crippen molar-refractivity contribution in [2.24, 2.45) is 0 Å². The summed E-state index contributed by atoms with van der Waals surface area (Å²) in [6.07, 6.45) is 20.6. The lowest BCUT2D eigenvalue weighted by molar-refractivity contribution is -0.560. The van der Waals surface area contributed by atoms with Crippen molar-refractivity contribution < 1.29 is 9.31 Å². The average molecular weight is 382 g/mol. The summed E-state index contributed by atoms with van der Waals surface area (Å²) >= 11 is 0. The Morgan fingerprint density at radius 2 is 1.30 bits per heavy atom. The SMILES string of the molecule is CCCCCCCCCCCCCCOC[N+]1=C(CCCC)N(CC)CC1. The zero-order valence-electron chi connectivity index (χ0n) is 18.9. The van der Waals surface area contributed by atoms with Crippen LogP contribution in [0.4, 0.5) is 0 Å². The van der Waals surface area contributed by atoms with E-state index in [1.807, 2.05) is 0 Å². The smallest absolute Gasteiger partial charge is 0.248 e. The summed E-state index contributed by atoms with van der Waals surface area (Å²) in [4.78, 5) is 2.53. The molecule has 160 valence electrons. The van der Waals surface area contributed by atoms with Crippen LogP contribution >= 0.6 is 0 Å². The van der Waals surface area contributed by atoms with E-state index in [4.69, 9.17) is 4.74 Å². The molecule has 0 aliphatic carbocycles. The van der Waals surface area contributed by atoms with Crippen LogP contribution in [0, 0.1) is 0 Å². The molecule has 3 nitrogen and oxygen atoms in total. The van der Waals surface area contributed by atoms with Crippen molar-refractivity contribution in [3.63, 3.8) is 0 Å². The predicted molar refractivity (Wildman–Crippen MR) is 119 cm³/mol. The molecular weight excluding hydrogens is 332 g/mol. The van der Waals surface area contributed by atoms with Crippen LogP contribution in [0.25, 0.3) is 0 Å². The second-order valence-electron chi connectivity index (χ2n) is 8.29. The minimum absolute atomic E-state index is 0.799. The number of ether oxygens (including phenoxy) is 1. The molecule has 0 atom stereocenters. The lowest BCUT2D eigenvalue weighted by Crippen LogP contribution is -2.29. The normalized spacial score (nSPS) is 14.6. The van der Waals surface area contributed by atoms with Gasteiger partial charge in [-0.1, -0.05) is 90.9 Å². The van der Waals surface area contributed by atoms with E-state index in [1.165, 1.54) is 109 Å². The summed E-state index contributed by atoms with van der Waals surface area (Å²) in [5.74, 6) is 1.52. The number of unbranched alkanes of at least 4 members (excludes halogenated alkanes) is 12. The third kappa shape index (κ3) is 11.8. The fourth-order valence-corrected chi connectivity index (χ4v) is 4.05. The molecular formula is C24H49N2O+. The predicted octanol–water partition coefficient (Wildman–Crippen LogP) is 6.60. The molecule has 0 bridgehead atoms. The first-order chi connectivity index (χ1) is 13.3. The highest BCUT2D eigenvalue weighted by atomic mass is 16.5. The molecule has 0 aromatic rings. The lowest BCUT2D eigenvalue weighted by atomic mass is 10.1. The van der Waals surface area contributed by atoms with Crippen molar-refractivity contribution in [3.05, 3.63) is 0 Å². The van der Waals surface area contributed by atoms with Crippen LogP contribution in [0.5, 0.6) is 0 Å². The molecule has 1 heterocycles. The number of likely N-dealkylation sites (N-methyl/N-ethyl adjacent to an activating group) is 1. The second-order valence-corrected chi connectivity index (χ2v) is 8.29. The van der Waals surface area contributed by atoms with E-state index in [1.54, 1.807) is 0 Å². The van der Waals surface area contributed by atoms with E-state index in [0.29, 0.717) is 0 Å². The lowest BCUT2D eigenvalue weighted by Gasteiger charge is -2.11. The molecule has 27 heavy (non-hydrogen) atoms. The van der Waals surface area contributed by atoms with Crippen LogP contribution in [0.2, 0.25) is 0 Å². The molecule has 1 rings (SSSR count). The van der Waals surface area contributed by atoms with Crippen LogP contribution in [0.3, 0.4) is 0 Å². The Labute approximate surface area is 170 Å². The van der Waals surface area contributed by atoms with Gasteiger partial charge in [0.25, 0.3) is 0 Å². The Morgan fingerprint density at radius 1 is 0.741 bits per heavy atom. The van der Waals surface area contributed by atoms with Crippen molar-refractivity contribution in [2.75, 3.05) is 33.0 Å². The van der Waals surface area contributed by atoms with Gasteiger partial charge < -0.3 is 4.74 Å². The van der Waals surface area contributed by atoms with Gasteiger partial charge >= 0.3 is 0 Å². The Balaban J connectivity index is 1.95. The molecule has 0 fully saturated rings. The fraction of sp³-hybridized carbons (Fsp3) is 0.958. The highest BCUT2D eigenvalue weighted by Gasteiger charge is 2.28. The summed E-state index contributed by atoms with van der Waals surface area (Å²) < 4.78 is 8.46. The Bertz CT molecular complexity index is 367. The zero-order valence-corrected chi connectivity index (χ0v) is 18.9. The second kappa shape index (κ2) is 17.5.